The molecule has 0 aliphatic carbocycles. The van der Waals surface area contributed by atoms with Crippen molar-refractivity contribution in [1.82, 2.24) is 0 Å². The number of hydrogen-bond donors (Lipinski definition) is 2. The van der Waals surface area contributed by atoms with Crippen LogP contribution in [0.4, 0.5) is 0 Å². The van der Waals surface area contributed by atoms with Crippen molar-refractivity contribution in [1.29, 1.82) is 0 Å². The number of hydrogen-bond acceptors (Lipinski definition) is 6. The summed E-state index contributed by atoms with van der Waals surface area (Å²) in [6.07, 6.45) is 1.22. The molecule has 1 fully saturated rings. The predicted molar refractivity (Wildman–Crippen MR) is 70.5 cm³/mol. The normalized spacial score (nSPS) is 17.3. The van der Waals surface area contributed by atoms with E-state index < -0.39 is 24.8 Å². The number of ether oxygens (including phenoxy) is 2. The predicted octanol–water partition coefficient (Wildman–Crippen LogP) is -0.414. The van der Waals surface area contributed by atoms with Gasteiger partial charge in [-0.15, -0.1) is 0 Å². The quantitative estimate of drug-likeness (QED) is 0.330. The van der Waals surface area contributed by atoms with Crippen molar-refractivity contribution in [3.8, 4) is 0 Å². The fourth-order valence-electron chi connectivity index (χ4n) is 1.81. The van der Waals surface area contributed by atoms with E-state index in [0.717, 1.165) is 0 Å². The first kappa shape index (κ1) is 14.3. The average Bonchev–Trinajstić information content (AvgIpc) is 2.33. The Bertz CT molecular complexity index is 568. The molecule has 1 saturated heterocycles. The second-order valence-corrected chi connectivity index (χ2v) is 4.74. The van der Waals surface area contributed by atoms with E-state index in [4.69, 9.17) is 9.47 Å². The molecular formula is C13H13BO6. The van der Waals surface area contributed by atoms with Crippen molar-refractivity contribution in [3.05, 3.63) is 35.4 Å². The monoisotopic (exact) mass is 276 g/mol. The van der Waals surface area contributed by atoms with Crippen LogP contribution in [0.15, 0.2) is 29.8 Å². The van der Waals surface area contributed by atoms with Crippen molar-refractivity contribution in [3.63, 3.8) is 0 Å². The molecule has 0 spiro atoms. The van der Waals surface area contributed by atoms with Crippen LogP contribution in [-0.4, -0.2) is 34.9 Å². The molecule has 0 atom stereocenters. The minimum absolute atomic E-state index is 0.172. The molecule has 0 aromatic heterocycles. The Morgan fingerprint density at radius 2 is 1.65 bits per heavy atom. The second kappa shape index (κ2) is 5.11. The standard InChI is InChI=1S/C13H13BO6/c1-13(2)19-11(15)9(12(16)20-13)7-8-5-3-4-6-10(8)14(17)18/h3-7,17-18H,1-2H3. The van der Waals surface area contributed by atoms with Crippen LogP contribution in [0.5, 0.6) is 0 Å². The largest absolute Gasteiger partial charge is 0.489 e. The van der Waals surface area contributed by atoms with Gasteiger partial charge in [-0.1, -0.05) is 24.3 Å². The molecule has 6 nitrogen and oxygen atoms in total. The minimum Gasteiger partial charge on any atom is -0.423 e. The maximum atomic E-state index is 11.8. The Morgan fingerprint density at radius 3 is 2.20 bits per heavy atom. The molecule has 2 rings (SSSR count). The molecule has 0 unspecified atom stereocenters. The molecular weight excluding hydrogens is 263 g/mol. The Hall–Kier alpha value is -2.12. The van der Waals surface area contributed by atoms with Crippen LogP contribution >= 0.6 is 0 Å². The second-order valence-electron chi connectivity index (χ2n) is 4.74. The van der Waals surface area contributed by atoms with Crippen LogP contribution in [0.25, 0.3) is 6.08 Å². The van der Waals surface area contributed by atoms with E-state index in [-0.39, 0.29) is 11.0 Å². The highest BCUT2D eigenvalue weighted by Gasteiger charge is 2.39. The third-order valence-corrected chi connectivity index (χ3v) is 2.69. The average molecular weight is 276 g/mol. The Balaban J connectivity index is 2.41. The zero-order valence-electron chi connectivity index (χ0n) is 11.0. The van der Waals surface area contributed by atoms with Gasteiger partial charge in [0.25, 0.3) is 5.79 Å². The Kier molecular flexibility index (Phi) is 3.65. The number of carbonyl (C=O) groups excluding carboxylic acids is 2. The van der Waals surface area contributed by atoms with Gasteiger partial charge in [0.05, 0.1) is 0 Å². The molecule has 1 aromatic rings. The topological polar surface area (TPSA) is 93.1 Å². The van der Waals surface area contributed by atoms with Crippen LogP contribution in [0, 0.1) is 0 Å². The highest BCUT2D eigenvalue weighted by atomic mass is 16.7. The van der Waals surface area contributed by atoms with Gasteiger partial charge in [0.15, 0.2) is 0 Å². The Morgan fingerprint density at radius 1 is 1.10 bits per heavy atom. The lowest BCUT2D eigenvalue weighted by atomic mass is 9.76. The molecule has 0 radical (unpaired) electrons. The van der Waals surface area contributed by atoms with Gasteiger partial charge in [0, 0.05) is 13.8 Å². The maximum Gasteiger partial charge on any atom is 0.489 e. The van der Waals surface area contributed by atoms with Crippen LogP contribution in [0.3, 0.4) is 0 Å². The highest BCUT2D eigenvalue weighted by Crippen LogP contribution is 2.23. The van der Waals surface area contributed by atoms with Crippen molar-refractivity contribution >= 4 is 30.6 Å². The molecule has 7 heteroatoms. The molecule has 0 bridgehead atoms. The summed E-state index contributed by atoms with van der Waals surface area (Å²) in [5.41, 5.74) is 0.203. The molecule has 1 heterocycles. The van der Waals surface area contributed by atoms with Crippen molar-refractivity contribution in [2.24, 2.45) is 0 Å². The molecule has 1 aliphatic rings. The summed E-state index contributed by atoms with van der Waals surface area (Å²) in [5.74, 6) is -2.93. The lowest BCUT2D eigenvalue weighted by Gasteiger charge is -2.29. The van der Waals surface area contributed by atoms with E-state index >= 15 is 0 Å². The van der Waals surface area contributed by atoms with Gasteiger partial charge < -0.3 is 19.5 Å². The fraction of sp³-hybridized carbons (Fsp3) is 0.231. The Labute approximate surface area is 115 Å². The zero-order valence-corrected chi connectivity index (χ0v) is 11.0. The smallest absolute Gasteiger partial charge is 0.423 e. The van der Waals surface area contributed by atoms with E-state index in [1.54, 1.807) is 18.2 Å². The molecule has 2 N–H and O–H groups in total. The summed E-state index contributed by atoms with van der Waals surface area (Å²) in [7, 11) is -1.71. The summed E-state index contributed by atoms with van der Waals surface area (Å²) < 4.78 is 9.91. The van der Waals surface area contributed by atoms with Gasteiger partial charge in [-0.2, -0.15) is 0 Å². The molecule has 1 aliphatic heterocycles. The lowest BCUT2D eigenvalue weighted by molar-refractivity contribution is -0.222. The first-order valence-electron chi connectivity index (χ1n) is 5.93. The number of benzene rings is 1. The lowest BCUT2D eigenvalue weighted by Crippen LogP contribution is -2.42. The third-order valence-electron chi connectivity index (χ3n) is 2.69. The van der Waals surface area contributed by atoms with Crippen molar-refractivity contribution < 1.29 is 29.1 Å². The van der Waals surface area contributed by atoms with Crippen LogP contribution in [-0.2, 0) is 19.1 Å². The summed E-state index contributed by atoms with van der Waals surface area (Å²) >= 11 is 0. The number of cyclic esters (lactones) is 2. The van der Waals surface area contributed by atoms with E-state index in [1.807, 2.05) is 0 Å². The number of esters is 2. The summed E-state index contributed by atoms with van der Waals surface area (Å²) in [4.78, 5) is 23.6. The highest BCUT2D eigenvalue weighted by molar-refractivity contribution is 6.59. The third kappa shape index (κ3) is 2.89. The van der Waals surface area contributed by atoms with Crippen molar-refractivity contribution in [2.45, 2.75) is 19.6 Å². The van der Waals surface area contributed by atoms with Crippen LogP contribution in [0.1, 0.15) is 19.4 Å². The number of rotatable bonds is 2. The number of carbonyl (C=O) groups is 2. The summed E-state index contributed by atoms with van der Waals surface area (Å²) in [6.45, 7) is 2.90. The van der Waals surface area contributed by atoms with Gasteiger partial charge in [-0.05, 0) is 17.1 Å². The maximum absolute atomic E-state index is 11.8. The minimum atomic E-state index is -1.71. The molecule has 0 saturated carbocycles. The van der Waals surface area contributed by atoms with Gasteiger partial charge in [-0.25, -0.2) is 9.59 Å². The molecule has 20 heavy (non-hydrogen) atoms. The van der Waals surface area contributed by atoms with E-state index in [2.05, 4.69) is 0 Å². The molecule has 0 amide bonds. The SMILES string of the molecule is CC1(C)OC(=O)C(=Cc2ccccc2B(O)O)C(=O)O1. The van der Waals surface area contributed by atoms with E-state index in [1.165, 1.54) is 26.0 Å². The fourth-order valence-corrected chi connectivity index (χ4v) is 1.81. The van der Waals surface area contributed by atoms with Gasteiger partial charge in [-0.3, -0.25) is 0 Å². The molecule has 104 valence electrons. The molecule has 1 aromatic carbocycles. The van der Waals surface area contributed by atoms with Gasteiger partial charge >= 0.3 is 19.1 Å². The van der Waals surface area contributed by atoms with Crippen LogP contribution in [0.2, 0.25) is 0 Å². The van der Waals surface area contributed by atoms with Crippen LogP contribution < -0.4 is 5.46 Å². The zero-order chi connectivity index (χ0) is 14.9. The summed E-state index contributed by atoms with van der Waals surface area (Å²) in [5, 5.41) is 18.5. The van der Waals surface area contributed by atoms with E-state index in [0.29, 0.717) is 5.56 Å². The first-order valence-corrected chi connectivity index (χ1v) is 5.93. The van der Waals surface area contributed by atoms with Gasteiger partial charge in [0.1, 0.15) is 5.57 Å². The van der Waals surface area contributed by atoms with Gasteiger partial charge in [0.2, 0.25) is 0 Å². The van der Waals surface area contributed by atoms with Crippen molar-refractivity contribution in [2.75, 3.05) is 0 Å². The summed E-state index contributed by atoms with van der Waals surface area (Å²) in [6, 6.07) is 6.27. The van der Waals surface area contributed by atoms with E-state index in [9.17, 15) is 19.6 Å². The first-order chi connectivity index (χ1) is 9.30.